The minimum Gasteiger partial charge on any atom is -0.395 e. The molecule has 2 rings (SSSR count). The summed E-state index contributed by atoms with van der Waals surface area (Å²) in [6, 6.07) is 0.805. The Balaban J connectivity index is 1.66. The van der Waals surface area contributed by atoms with Gasteiger partial charge in [0.05, 0.1) is 6.61 Å². The van der Waals surface area contributed by atoms with E-state index in [1.165, 1.54) is 39.0 Å². The second kappa shape index (κ2) is 3.73. The average molecular weight is 170 g/mol. The first-order valence-electron chi connectivity index (χ1n) is 4.97. The highest BCUT2D eigenvalue weighted by molar-refractivity contribution is 4.89. The van der Waals surface area contributed by atoms with Crippen LogP contribution in [0.3, 0.4) is 0 Å². The van der Waals surface area contributed by atoms with E-state index >= 15 is 0 Å². The van der Waals surface area contributed by atoms with Crippen LogP contribution < -0.4 is 0 Å². The van der Waals surface area contributed by atoms with Crippen molar-refractivity contribution in [1.29, 1.82) is 0 Å². The van der Waals surface area contributed by atoms with Gasteiger partial charge in [0.1, 0.15) is 0 Å². The Hall–Kier alpha value is -0.120. The van der Waals surface area contributed by atoms with Gasteiger partial charge in [-0.05, 0) is 25.9 Å². The van der Waals surface area contributed by atoms with Crippen molar-refractivity contribution in [2.24, 2.45) is 0 Å². The maximum Gasteiger partial charge on any atom is 0.0558 e. The zero-order valence-electron chi connectivity index (χ0n) is 7.58. The standard InChI is InChI=1S/C9H18N2O/c12-6-5-10-7-9(8-10)11-3-1-2-4-11/h9,12H,1-8H2. The van der Waals surface area contributed by atoms with Crippen LogP contribution in [0.15, 0.2) is 0 Å². The Morgan fingerprint density at radius 3 is 2.42 bits per heavy atom. The molecule has 2 fully saturated rings. The lowest BCUT2D eigenvalue weighted by Gasteiger charge is -2.43. The summed E-state index contributed by atoms with van der Waals surface area (Å²) in [4.78, 5) is 4.91. The molecule has 0 saturated carbocycles. The number of hydrogen-bond acceptors (Lipinski definition) is 3. The summed E-state index contributed by atoms with van der Waals surface area (Å²) in [5, 5.41) is 8.70. The second-order valence-corrected chi connectivity index (χ2v) is 3.88. The highest BCUT2D eigenvalue weighted by Crippen LogP contribution is 2.19. The summed E-state index contributed by atoms with van der Waals surface area (Å²) in [5.74, 6) is 0. The van der Waals surface area contributed by atoms with Gasteiger partial charge in [0.25, 0.3) is 0 Å². The monoisotopic (exact) mass is 170 g/mol. The fourth-order valence-corrected chi connectivity index (χ4v) is 2.20. The lowest BCUT2D eigenvalue weighted by Crippen LogP contribution is -2.59. The molecule has 2 aliphatic heterocycles. The molecule has 0 radical (unpaired) electrons. The molecule has 0 amide bonds. The molecular weight excluding hydrogens is 152 g/mol. The molecule has 0 aromatic rings. The first kappa shape index (κ1) is 8.48. The molecule has 0 aliphatic carbocycles. The van der Waals surface area contributed by atoms with Gasteiger partial charge in [0, 0.05) is 25.7 Å². The number of rotatable bonds is 3. The molecule has 0 aromatic heterocycles. The van der Waals surface area contributed by atoms with Crippen LogP contribution in [0.1, 0.15) is 12.8 Å². The molecule has 1 N–H and O–H groups in total. The molecule has 0 unspecified atom stereocenters. The van der Waals surface area contributed by atoms with Gasteiger partial charge >= 0.3 is 0 Å². The van der Waals surface area contributed by atoms with Crippen molar-refractivity contribution < 1.29 is 5.11 Å². The summed E-state index contributed by atoms with van der Waals surface area (Å²) >= 11 is 0. The van der Waals surface area contributed by atoms with Crippen molar-refractivity contribution in [3.63, 3.8) is 0 Å². The van der Waals surface area contributed by atoms with Crippen molar-refractivity contribution in [3.8, 4) is 0 Å². The minimum atomic E-state index is 0.312. The largest absolute Gasteiger partial charge is 0.395 e. The molecule has 70 valence electrons. The molecular formula is C9H18N2O. The van der Waals surface area contributed by atoms with Crippen molar-refractivity contribution in [2.45, 2.75) is 18.9 Å². The average Bonchev–Trinajstić information content (AvgIpc) is 2.47. The fourth-order valence-electron chi connectivity index (χ4n) is 2.20. The third-order valence-electron chi connectivity index (χ3n) is 3.01. The Morgan fingerprint density at radius 2 is 1.83 bits per heavy atom. The minimum absolute atomic E-state index is 0.312. The third-order valence-corrected chi connectivity index (χ3v) is 3.01. The van der Waals surface area contributed by atoms with Crippen LogP contribution in [0, 0.1) is 0 Å². The summed E-state index contributed by atoms with van der Waals surface area (Å²) in [6.07, 6.45) is 2.77. The van der Waals surface area contributed by atoms with Crippen molar-refractivity contribution in [3.05, 3.63) is 0 Å². The molecule has 0 atom stereocenters. The molecule has 0 spiro atoms. The molecule has 2 heterocycles. The maximum absolute atomic E-state index is 8.70. The van der Waals surface area contributed by atoms with Crippen molar-refractivity contribution in [1.82, 2.24) is 9.80 Å². The van der Waals surface area contributed by atoms with E-state index < -0.39 is 0 Å². The van der Waals surface area contributed by atoms with Crippen LogP contribution in [0.5, 0.6) is 0 Å². The van der Waals surface area contributed by atoms with E-state index in [4.69, 9.17) is 5.11 Å². The number of nitrogens with zero attached hydrogens (tertiary/aromatic N) is 2. The quantitative estimate of drug-likeness (QED) is 0.633. The van der Waals surface area contributed by atoms with Crippen molar-refractivity contribution >= 4 is 0 Å². The number of hydrogen-bond donors (Lipinski definition) is 1. The Labute approximate surface area is 74.0 Å². The number of β-amino-alcohol motifs (C(OH)–C–C–N with tert-alkyl or cyclic N) is 1. The smallest absolute Gasteiger partial charge is 0.0558 e. The van der Waals surface area contributed by atoms with E-state index in [9.17, 15) is 0 Å². The zero-order valence-corrected chi connectivity index (χ0v) is 7.58. The molecule has 0 aromatic carbocycles. The van der Waals surface area contributed by atoms with Gasteiger partial charge in [0.15, 0.2) is 0 Å². The van der Waals surface area contributed by atoms with E-state index in [0.717, 1.165) is 12.6 Å². The van der Waals surface area contributed by atoms with Crippen LogP contribution >= 0.6 is 0 Å². The van der Waals surface area contributed by atoms with Gasteiger partial charge < -0.3 is 5.11 Å². The van der Waals surface area contributed by atoms with Gasteiger partial charge in [-0.25, -0.2) is 0 Å². The van der Waals surface area contributed by atoms with Crippen molar-refractivity contribution in [2.75, 3.05) is 39.3 Å². The van der Waals surface area contributed by atoms with E-state index in [2.05, 4.69) is 9.80 Å². The molecule has 3 heteroatoms. The Kier molecular flexibility index (Phi) is 2.63. The highest BCUT2D eigenvalue weighted by atomic mass is 16.3. The molecule has 12 heavy (non-hydrogen) atoms. The zero-order chi connectivity index (χ0) is 8.39. The predicted octanol–water partition coefficient (Wildman–Crippen LogP) is -0.241. The molecule has 3 nitrogen and oxygen atoms in total. The van der Waals surface area contributed by atoms with E-state index in [1.807, 2.05) is 0 Å². The highest BCUT2D eigenvalue weighted by Gasteiger charge is 2.32. The third kappa shape index (κ3) is 1.63. The first-order valence-corrected chi connectivity index (χ1v) is 4.97. The summed E-state index contributed by atoms with van der Waals surface area (Å²) < 4.78 is 0. The second-order valence-electron chi connectivity index (χ2n) is 3.88. The van der Waals surface area contributed by atoms with Gasteiger partial charge in [-0.1, -0.05) is 0 Å². The van der Waals surface area contributed by atoms with Crippen LogP contribution in [0.2, 0.25) is 0 Å². The SMILES string of the molecule is OCCN1CC(N2CCCC2)C1. The van der Waals surface area contributed by atoms with Gasteiger partial charge in [0.2, 0.25) is 0 Å². The fraction of sp³-hybridized carbons (Fsp3) is 1.00. The molecule has 2 saturated heterocycles. The lowest BCUT2D eigenvalue weighted by atomic mass is 10.1. The number of likely N-dealkylation sites (tertiary alicyclic amines) is 2. The lowest BCUT2D eigenvalue weighted by molar-refractivity contribution is 0.0362. The van der Waals surface area contributed by atoms with Crippen LogP contribution in [-0.4, -0.2) is 60.3 Å². The Morgan fingerprint density at radius 1 is 1.17 bits per heavy atom. The number of aliphatic hydroxyl groups excluding tert-OH is 1. The topological polar surface area (TPSA) is 26.7 Å². The molecule has 2 aliphatic rings. The van der Waals surface area contributed by atoms with Gasteiger partial charge in [-0.15, -0.1) is 0 Å². The molecule has 0 bridgehead atoms. The van der Waals surface area contributed by atoms with Gasteiger partial charge in [-0.3, -0.25) is 9.80 Å². The van der Waals surface area contributed by atoms with Crippen LogP contribution in [0.25, 0.3) is 0 Å². The number of aliphatic hydroxyl groups is 1. The van der Waals surface area contributed by atoms with Crippen LogP contribution in [0.4, 0.5) is 0 Å². The maximum atomic E-state index is 8.70. The normalized spacial score (nSPS) is 27.8. The van der Waals surface area contributed by atoms with Crippen LogP contribution in [-0.2, 0) is 0 Å². The summed E-state index contributed by atoms with van der Waals surface area (Å²) in [6.45, 7) is 6.15. The summed E-state index contributed by atoms with van der Waals surface area (Å²) in [7, 11) is 0. The predicted molar refractivity (Wildman–Crippen MR) is 48.1 cm³/mol. The van der Waals surface area contributed by atoms with E-state index in [1.54, 1.807) is 0 Å². The van der Waals surface area contributed by atoms with E-state index in [-0.39, 0.29) is 0 Å². The van der Waals surface area contributed by atoms with Gasteiger partial charge in [-0.2, -0.15) is 0 Å². The Bertz CT molecular complexity index is 139. The summed E-state index contributed by atoms with van der Waals surface area (Å²) in [5.41, 5.74) is 0. The van der Waals surface area contributed by atoms with E-state index in [0.29, 0.717) is 6.61 Å². The first-order chi connectivity index (χ1) is 5.90.